The lowest BCUT2D eigenvalue weighted by Crippen LogP contribution is -2.41. The van der Waals surface area contributed by atoms with Crippen molar-refractivity contribution in [1.29, 1.82) is 0 Å². The molecular formula is C18H22N4O5S. The molecule has 1 aromatic carbocycles. The Labute approximate surface area is 162 Å². The van der Waals surface area contributed by atoms with Crippen molar-refractivity contribution >= 4 is 21.1 Å². The molecule has 1 aliphatic rings. The standard InChI is InChI=1S/C18H22N4O5S/c1-12-17(28(24,25)21-6-8-26-9-7-21)13(2)22(19-12)11-14-4-5-15-16(10-14)27-18(23)20(15)3/h4-5,10H,6-9,11H2,1-3H3. The Morgan fingerprint density at radius 3 is 2.61 bits per heavy atom. The second-order valence-electron chi connectivity index (χ2n) is 6.90. The van der Waals surface area contributed by atoms with Gasteiger partial charge in [-0.05, 0) is 31.5 Å². The second kappa shape index (κ2) is 6.87. The van der Waals surface area contributed by atoms with Gasteiger partial charge >= 0.3 is 5.76 Å². The van der Waals surface area contributed by atoms with Gasteiger partial charge in [-0.2, -0.15) is 9.40 Å². The minimum atomic E-state index is -3.62. The van der Waals surface area contributed by atoms with Crippen molar-refractivity contribution < 1.29 is 17.6 Å². The predicted molar refractivity (Wildman–Crippen MR) is 102 cm³/mol. The van der Waals surface area contributed by atoms with Gasteiger partial charge in [0, 0.05) is 20.1 Å². The predicted octanol–water partition coefficient (Wildman–Crippen LogP) is 1.01. The molecule has 1 aliphatic heterocycles. The van der Waals surface area contributed by atoms with Crippen LogP contribution in [0.3, 0.4) is 0 Å². The smallest absolute Gasteiger partial charge is 0.408 e. The minimum absolute atomic E-state index is 0.252. The minimum Gasteiger partial charge on any atom is -0.408 e. The molecule has 3 heterocycles. The highest BCUT2D eigenvalue weighted by Gasteiger charge is 2.32. The van der Waals surface area contributed by atoms with E-state index in [1.807, 2.05) is 12.1 Å². The number of hydrogen-bond donors (Lipinski definition) is 0. The molecule has 4 rings (SSSR count). The molecule has 0 spiro atoms. The summed E-state index contributed by atoms with van der Waals surface area (Å²) in [6, 6.07) is 5.47. The fourth-order valence-corrected chi connectivity index (χ4v) is 5.35. The summed E-state index contributed by atoms with van der Waals surface area (Å²) in [4.78, 5) is 11.9. The van der Waals surface area contributed by atoms with Crippen LogP contribution in [-0.2, 0) is 28.4 Å². The van der Waals surface area contributed by atoms with Crippen molar-refractivity contribution in [2.24, 2.45) is 7.05 Å². The molecule has 9 nitrogen and oxygen atoms in total. The molecule has 0 N–H and O–H groups in total. The van der Waals surface area contributed by atoms with Gasteiger partial charge in [0.25, 0.3) is 0 Å². The Morgan fingerprint density at radius 2 is 1.89 bits per heavy atom. The highest BCUT2D eigenvalue weighted by atomic mass is 32.2. The van der Waals surface area contributed by atoms with Gasteiger partial charge < -0.3 is 9.15 Å². The van der Waals surface area contributed by atoms with Crippen LogP contribution in [-0.4, -0.2) is 53.4 Å². The van der Waals surface area contributed by atoms with E-state index in [9.17, 15) is 13.2 Å². The molecule has 1 fully saturated rings. The van der Waals surface area contributed by atoms with Gasteiger partial charge in [0.1, 0.15) is 4.90 Å². The fraction of sp³-hybridized carbons (Fsp3) is 0.444. The van der Waals surface area contributed by atoms with Crippen LogP contribution in [0.5, 0.6) is 0 Å². The molecule has 150 valence electrons. The maximum atomic E-state index is 13.1. The molecule has 0 bridgehead atoms. The Morgan fingerprint density at radius 1 is 1.18 bits per heavy atom. The molecule has 0 unspecified atom stereocenters. The van der Waals surface area contributed by atoms with E-state index < -0.39 is 15.8 Å². The molecule has 0 aliphatic carbocycles. The van der Waals surface area contributed by atoms with E-state index in [4.69, 9.17) is 9.15 Å². The van der Waals surface area contributed by atoms with Gasteiger partial charge in [0.2, 0.25) is 10.0 Å². The molecule has 10 heteroatoms. The highest BCUT2D eigenvalue weighted by Crippen LogP contribution is 2.25. The molecule has 0 radical (unpaired) electrons. The van der Waals surface area contributed by atoms with E-state index >= 15 is 0 Å². The van der Waals surface area contributed by atoms with Crippen molar-refractivity contribution in [2.75, 3.05) is 26.3 Å². The lowest BCUT2D eigenvalue weighted by Gasteiger charge is -2.26. The number of hydrogen-bond acceptors (Lipinski definition) is 6. The van der Waals surface area contributed by atoms with Gasteiger partial charge in [-0.1, -0.05) is 6.07 Å². The van der Waals surface area contributed by atoms with Crippen LogP contribution < -0.4 is 5.76 Å². The number of aryl methyl sites for hydroxylation is 2. The van der Waals surface area contributed by atoms with Gasteiger partial charge in [-0.15, -0.1) is 0 Å². The fourth-order valence-electron chi connectivity index (χ4n) is 3.57. The van der Waals surface area contributed by atoms with Crippen LogP contribution in [0.25, 0.3) is 11.1 Å². The first kappa shape index (κ1) is 18.9. The van der Waals surface area contributed by atoms with Crippen LogP contribution in [0.15, 0.2) is 32.3 Å². The first-order chi connectivity index (χ1) is 13.3. The number of oxazole rings is 1. The highest BCUT2D eigenvalue weighted by molar-refractivity contribution is 7.89. The zero-order valence-corrected chi connectivity index (χ0v) is 16.8. The molecule has 28 heavy (non-hydrogen) atoms. The van der Waals surface area contributed by atoms with Crippen LogP contribution in [0, 0.1) is 13.8 Å². The van der Waals surface area contributed by atoms with Crippen molar-refractivity contribution in [3.05, 3.63) is 45.7 Å². The number of morpholine rings is 1. The zero-order valence-electron chi connectivity index (χ0n) is 16.0. The number of ether oxygens (including phenoxy) is 1. The monoisotopic (exact) mass is 406 g/mol. The van der Waals surface area contributed by atoms with Crippen LogP contribution >= 0.6 is 0 Å². The summed E-state index contributed by atoms with van der Waals surface area (Å²) in [6.07, 6.45) is 0. The lowest BCUT2D eigenvalue weighted by atomic mass is 10.2. The van der Waals surface area contributed by atoms with Crippen molar-refractivity contribution in [2.45, 2.75) is 25.3 Å². The van der Waals surface area contributed by atoms with Gasteiger partial charge in [-0.25, -0.2) is 13.2 Å². The summed E-state index contributed by atoms with van der Waals surface area (Å²) in [5.41, 5.74) is 3.11. The summed E-state index contributed by atoms with van der Waals surface area (Å²) in [5.74, 6) is -0.419. The molecule has 1 saturated heterocycles. The van der Waals surface area contributed by atoms with Crippen molar-refractivity contribution in [3.63, 3.8) is 0 Å². The first-order valence-electron chi connectivity index (χ1n) is 8.99. The third-order valence-corrected chi connectivity index (χ3v) is 7.22. The molecule has 0 amide bonds. The van der Waals surface area contributed by atoms with E-state index in [-0.39, 0.29) is 4.90 Å². The number of nitrogens with zero attached hydrogens (tertiary/aromatic N) is 4. The summed E-state index contributed by atoms with van der Waals surface area (Å²) in [6.45, 7) is 5.32. The Kier molecular flexibility index (Phi) is 4.64. The average Bonchev–Trinajstić information content (AvgIpc) is 3.11. The Balaban J connectivity index is 1.68. The first-order valence-corrected chi connectivity index (χ1v) is 10.4. The van der Waals surface area contributed by atoms with Gasteiger partial charge in [0.15, 0.2) is 5.58 Å². The number of aromatic nitrogens is 3. The summed E-state index contributed by atoms with van der Waals surface area (Å²) in [5, 5.41) is 4.45. The van der Waals surface area contributed by atoms with Crippen LogP contribution in [0.1, 0.15) is 17.0 Å². The quantitative estimate of drug-likeness (QED) is 0.641. The molecule has 2 aromatic heterocycles. The number of benzene rings is 1. The van der Waals surface area contributed by atoms with Gasteiger partial charge in [0.05, 0.1) is 36.7 Å². The third kappa shape index (κ3) is 3.07. The lowest BCUT2D eigenvalue weighted by molar-refractivity contribution is 0.0730. The van der Waals surface area contributed by atoms with Gasteiger partial charge in [-0.3, -0.25) is 9.25 Å². The van der Waals surface area contributed by atoms with E-state index in [2.05, 4.69) is 5.10 Å². The normalized spacial score (nSPS) is 16.1. The molecular weight excluding hydrogens is 384 g/mol. The number of fused-ring (bicyclic) bond motifs is 1. The number of sulfonamides is 1. The largest absolute Gasteiger partial charge is 0.419 e. The SMILES string of the molecule is Cc1nn(Cc2ccc3c(c2)oc(=O)n3C)c(C)c1S(=O)(=O)N1CCOCC1. The zero-order chi connectivity index (χ0) is 20.1. The van der Waals surface area contributed by atoms with Crippen LogP contribution in [0.2, 0.25) is 0 Å². The summed E-state index contributed by atoms with van der Waals surface area (Å²) >= 11 is 0. The van der Waals surface area contributed by atoms with Crippen molar-refractivity contribution in [1.82, 2.24) is 18.7 Å². The Bertz CT molecular complexity index is 1200. The molecule has 3 aromatic rings. The second-order valence-corrected chi connectivity index (χ2v) is 8.78. The van der Waals surface area contributed by atoms with E-state index in [1.165, 1.54) is 8.87 Å². The van der Waals surface area contributed by atoms with E-state index in [1.54, 1.807) is 31.6 Å². The van der Waals surface area contributed by atoms with E-state index in [0.29, 0.717) is 55.3 Å². The summed E-state index contributed by atoms with van der Waals surface area (Å²) < 4.78 is 41.2. The maximum absolute atomic E-state index is 13.1. The molecule has 0 atom stereocenters. The van der Waals surface area contributed by atoms with Crippen molar-refractivity contribution in [3.8, 4) is 0 Å². The third-order valence-electron chi connectivity index (χ3n) is 5.07. The van der Waals surface area contributed by atoms with E-state index in [0.717, 1.165) is 5.56 Å². The Hall–Kier alpha value is -2.43. The topological polar surface area (TPSA) is 99.6 Å². The molecule has 0 saturated carbocycles. The average molecular weight is 406 g/mol. The number of rotatable bonds is 4. The van der Waals surface area contributed by atoms with Crippen LogP contribution in [0.4, 0.5) is 0 Å². The maximum Gasteiger partial charge on any atom is 0.419 e. The summed E-state index contributed by atoms with van der Waals surface area (Å²) in [7, 11) is -1.97.